The number of aromatic nitrogens is 3. The molecule has 4 nitrogen and oxygen atoms in total. The van der Waals surface area contributed by atoms with Crippen molar-refractivity contribution in [3.8, 4) is 0 Å². The van der Waals surface area contributed by atoms with Gasteiger partial charge in [-0.2, -0.15) is 5.10 Å². The van der Waals surface area contributed by atoms with Gasteiger partial charge in [0.25, 0.3) is 0 Å². The zero-order chi connectivity index (χ0) is 14.5. The maximum atomic E-state index is 4.11. The summed E-state index contributed by atoms with van der Waals surface area (Å²) in [5.41, 5.74) is 3.61. The SMILES string of the molecule is CC(Nc1ccc(Cn2cncn2)cc1)c1ccccc1. The Morgan fingerprint density at radius 2 is 1.81 bits per heavy atom. The first kappa shape index (κ1) is 13.4. The predicted molar refractivity (Wildman–Crippen MR) is 84.0 cm³/mol. The van der Waals surface area contributed by atoms with E-state index in [1.54, 1.807) is 12.7 Å². The zero-order valence-corrected chi connectivity index (χ0v) is 12.0. The molecule has 0 aliphatic heterocycles. The molecule has 0 saturated carbocycles. The van der Waals surface area contributed by atoms with Gasteiger partial charge in [-0.25, -0.2) is 9.67 Å². The fourth-order valence-corrected chi connectivity index (χ4v) is 2.28. The van der Waals surface area contributed by atoms with Crippen LogP contribution in [-0.4, -0.2) is 14.8 Å². The van der Waals surface area contributed by atoms with E-state index in [1.807, 2.05) is 10.7 Å². The molecule has 0 bridgehead atoms. The number of hydrogen-bond donors (Lipinski definition) is 1. The highest BCUT2D eigenvalue weighted by molar-refractivity contribution is 5.46. The van der Waals surface area contributed by atoms with Crippen LogP contribution in [0.2, 0.25) is 0 Å². The molecule has 1 unspecified atom stereocenters. The van der Waals surface area contributed by atoms with Crippen LogP contribution >= 0.6 is 0 Å². The van der Waals surface area contributed by atoms with Crippen molar-refractivity contribution < 1.29 is 0 Å². The quantitative estimate of drug-likeness (QED) is 0.776. The molecule has 3 rings (SSSR count). The molecule has 106 valence electrons. The van der Waals surface area contributed by atoms with Gasteiger partial charge in [-0.05, 0) is 30.2 Å². The third kappa shape index (κ3) is 3.48. The summed E-state index contributed by atoms with van der Waals surface area (Å²) in [6.07, 6.45) is 3.28. The van der Waals surface area contributed by atoms with Crippen molar-refractivity contribution in [2.24, 2.45) is 0 Å². The highest BCUT2D eigenvalue weighted by atomic mass is 15.3. The van der Waals surface area contributed by atoms with Crippen molar-refractivity contribution in [2.75, 3.05) is 5.32 Å². The third-order valence-electron chi connectivity index (χ3n) is 3.45. The number of benzene rings is 2. The smallest absolute Gasteiger partial charge is 0.137 e. The van der Waals surface area contributed by atoms with E-state index in [4.69, 9.17) is 0 Å². The second-order valence-electron chi connectivity index (χ2n) is 5.07. The monoisotopic (exact) mass is 278 g/mol. The standard InChI is InChI=1S/C17H18N4/c1-14(16-5-3-2-4-6-16)20-17-9-7-15(8-10-17)11-21-13-18-12-19-21/h2-10,12-14,20H,11H2,1H3. The van der Waals surface area contributed by atoms with Gasteiger partial charge in [0, 0.05) is 11.7 Å². The Hall–Kier alpha value is -2.62. The lowest BCUT2D eigenvalue weighted by molar-refractivity contribution is 0.685. The summed E-state index contributed by atoms with van der Waals surface area (Å²) in [5, 5.41) is 7.62. The molecular formula is C17H18N4. The maximum Gasteiger partial charge on any atom is 0.137 e. The van der Waals surface area contributed by atoms with Crippen LogP contribution in [0.25, 0.3) is 0 Å². The summed E-state index contributed by atoms with van der Waals surface area (Å²) in [4.78, 5) is 3.95. The first-order chi connectivity index (χ1) is 10.3. The first-order valence-electron chi connectivity index (χ1n) is 7.04. The number of nitrogens with zero attached hydrogens (tertiary/aromatic N) is 3. The van der Waals surface area contributed by atoms with Crippen LogP contribution in [0.3, 0.4) is 0 Å². The van der Waals surface area contributed by atoms with Gasteiger partial charge < -0.3 is 5.32 Å². The summed E-state index contributed by atoms with van der Waals surface area (Å²) < 4.78 is 1.81. The number of hydrogen-bond acceptors (Lipinski definition) is 3. The minimum absolute atomic E-state index is 0.285. The van der Waals surface area contributed by atoms with Crippen LogP contribution in [0.4, 0.5) is 5.69 Å². The van der Waals surface area contributed by atoms with Crippen LogP contribution in [0.15, 0.2) is 67.3 Å². The molecule has 21 heavy (non-hydrogen) atoms. The normalized spacial score (nSPS) is 12.0. The Morgan fingerprint density at radius 1 is 1.05 bits per heavy atom. The largest absolute Gasteiger partial charge is 0.379 e. The maximum absolute atomic E-state index is 4.11. The zero-order valence-electron chi connectivity index (χ0n) is 12.0. The minimum atomic E-state index is 0.285. The molecule has 0 saturated heterocycles. The van der Waals surface area contributed by atoms with Gasteiger partial charge >= 0.3 is 0 Å². The van der Waals surface area contributed by atoms with E-state index in [1.165, 1.54) is 11.1 Å². The molecular weight excluding hydrogens is 260 g/mol. The molecule has 0 spiro atoms. The van der Waals surface area contributed by atoms with Crippen molar-refractivity contribution >= 4 is 5.69 Å². The van der Waals surface area contributed by atoms with Gasteiger partial charge in [-0.3, -0.25) is 0 Å². The number of nitrogens with one attached hydrogen (secondary N) is 1. The lowest BCUT2D eigenvalue weighted by Crippen LogP contribution is -2.06. The number of rotatable bonds is 5. The Labute approximate surface area is 124 Å². The molecule has 1 atom stereocenters. The summed E-state index contributed by atoms with van der Waals surface area (Å²) in [6.45, 7) is 2.91. The van der Waals surface area contributed by atoms with Crippen LogP contribution < -0.4 is 5.32 Å². The van der Waals surface area contributed by atoms with E-state index in [0.29, 0.717) is 0 Å². The summed E-state index contributed by atoms with van der Waals surface area (Å²) in [5.74, 6) is 0. The average Bonchev–Trinajstić information content (AvgIpc) is 3.03. The van der Waals surface area contributed by atoms with Gasteiger partial charge in [-0.1, -0.05) is 42.5 Å². The Balaban J connectivity index is 1.64. The Bertz CT molecular complexity index is 660. The molecule has 1 N–H and O–H groups in total. The number of anilines is 1. The third-order valence-corrected chi connectivity index (χ3v) is 3.45. The van der Waals surface area contributed by atoms with Crippen molar-refractivity contribution in [1.82, 2.24) is 14.8 Å². The van der Waals surface area contributed by atoms with Crippen molar-refractivity contribution in [3.63, 3.8) is 0 Å². The minimum Gasteiger partial charge on any atom is -0.379 e. The van der Waals surface area contributed by atoms with E-state index in [9.17, 15) is 0 Å². The van der Waals surface area contributed by atoms with Gasteiger partial charge in [0.15, 0.2) is 0 Å². The Morgan fingerprint density at radius 3 is 2.48 bits per heavy atom. The molecule has 0 aliphatic carbocycles. The summed E-state index contributed by atoms with van der Waals surface area (Å²) >= 11 is 0. The average molecular weight is 278 g/mol. The van der Waals surface area contributed by atoms with Crippen LogP contribution in [0.1, 0.15) is 24.1 Å². The lowest BCUT2D eigenvalue weighted by atomic mass is 10.1. The van der Waals surface area contributed by atoms with Crippen LogP contribution in [-0.2, 0) is 6.54 Å². The van der Waals surface area contributed by atoms with Gasteiger partial charge in [-0.15, -0.1) is 0 Å². The first-order valence-corrected chi connectivity index (χ1v) is 7.04. The summed E-state index contributed by atoms with van der Waals surface area (Å²) in [6, 6.07) is 19.2. The highest BCUT2D eigenvalue weighted by Crippen LogP contribution is 2.19. The van der Waals surface area contributed by atoms with Crippen molar-refractivity contribution in [2.45, 2.75) is 19.5 Å². The van der Waals surface area contributed by atoms with E-state index in [2.05, 4.69) is 70.9 Å². The molecule has 4 heteroatoms. The van der Waals surface area contributed by atoms with Crippen molar-refractivity contribution in [3.05, 3.63) is 78.4 Å². The van der Waals surface area contributed by atoms with Gasteiger partial charge in [0.1, 0.15) is 12.7 Å². The van der Waals surface area contributed by atoms with Gasteiger partial charge in [0.2, 0.25) is 0 Å². The molecule has 2 aromatic carbocycles. The summed E-state index contributed by atoms with van der Waals surface area (Å²) in [7, 11) is 0. The topological polar surface area (TPSA) is 42.7 Å². The molecule has 1 heterocycles. The van der Waals surface area contributed by atoms with E-state index < -0.39 is 0 Å². The van der Waals surface area contributed by atoms with E-state index in [0.717, 1.165) is 12.2 Å². The van der Waals surface area contributed by atoms with Gasteiger partial charge in [0.05, 0.1) is 6.54 Å². The second kappa shape index (κ2) is 6.22. The van der Waals surface area contributed by atoms with E-state index in [-0.39, 0.29) is 6.04 Å². The molecule has 0 aliphatic rings. The predicted octanol–water partition coefficient (Wildman–Crippen LogP) is 3.50. The molecule has 1 aromatic heterocycles. The second-order valence-corrected chi connectivity index (χ2v) is 5.07. The fourth-order valence-electron chi connectivity index (χ4n) is 2.28. The molecule has 0 amide bonds. The Kier molecular flexibility index (Phi) is 3.96. The van der Waals surface area contributed by atoms with Crippen molar-refractivity contribution in [1.29, 1.82) is 0 Å². The molecule has 0 fully saturated rings. The molecule has 3 aromatic rings. The highest BCUT2D eigenvalue weighted by Gasteiger charge is 2.04. The lowest BCUT2D eigenvalue weighted by Gasteiger charge is -2.16. The van der Waals surface area contributed by atoms with Crippen LogP contribution in [0, 0.1) is 0 Å². The molecule has 0 radical (unpaired) electrons. The van der Waals surface area contributed by atoms with E-state index >= 15 is 0 Å². The fraction of sp³-hybridized carbons (Fsp3) is 0.176. The van der Waals surface area contributed by atoms with Crippen LogP contribution in [0.5, 0.6) is 0 Å².